The second-order valence-electron chi connectivity index (χ2n) is 4.39. The van der Waals surface area contributed by atoms with Gasteiger partial charge in [-0.25, -0.2) is 4.98 Å². The van der Waals surface area contributed by atoms with Gasteiger partial charge in [-0.3, -0.25) is 0 Å². The van der Waals surface area contributed by atoms with Crippen molar-refractivity contribution in [1.29, 1.82) is 0 Å². The normalized spacial score (nSPS) is 11.2. The van der Waals surface area contributed by atoms with Crippen molar-refractivity contribution in [2.45, 2.75) is 20.3 Å². The number of rotatable bonds is 3. The van der Waals surface area contributed by atoms with Gasteiger partial charge in [-0.05, 0) is 24.5 Å². The number of hydrogen-bond acceptors (Lipinski definition) is 5. The van der Waals surface area contributed by atoms with E-state index in [-0.39, 0.29) is 10.6 Å². The minimum Gasteiger partial charge on any atom is -0.544 e. The lowest BCUT2D eigenvalue weighted by Crippen LogP contribution is -2.21. The molecule has 4 nitrogen and oxygen atoms in total. The van der Waals surface area contributed by atoms with E-state index in [9.17, 15) is 9.90 Å². The highest BCUT2D eigenvalue weighted by molar-refractivity contribution is 7.21. The summed E-state index contributed by atoms with van der Waals surface area (Å²) in [5.74, 6) is -0.728. The number of fused-ring (bicyclic) bond motifs is 1. The fraction of sp³-hybridized carbons (Fsp3) is 0.333. The predicted octanol–water partition coefficient (Wildman–Crippen LogP) is 1.44. The Bertz CT molecular complexity index is 575. The number of nitrogens with two attached hydrogens (primary N) is 1. The van der Waals surface area contributed by atoms with E-state index in [1.54, 1.807) is 0 Å². The molecule has 0 aliphatic rings. The number of hydrogen-bond donors (Lipinski definition) is 1. The van der Waals surface area contributed by atoms with Crippen LogP contribution in [0.4, 0.5) is 5.69 Å². The smallest absolute Gasteiger partial charge is 0.126 e. The van der Waals surface area contributed by atoms with Crippen LogP contribution in [-0.4, -0.2) is 11.0 Å². The first-order chi connectivity index (χ1) is 7.99. The van der Waals surface area contributed by atoms with Crippen molar-refractivity contribution in [1.82, 2.24) is 4.98 Å². The van der Waals surface area contributed by atoms with Gasteiger partial charge in [0.15, 0.2) is 0 Å². The van der Waals surface area contributed by atoms with Crippen LogP contribution in [0, 0.1) is 5.92 Å². The van der Waals surface area contributed by atoms with Crippen LogP contribution < -0.4 is 10.8 Å². The number of thiophene rings is 1. The largest absolute Gasteiger partial charge is 0.544 e. The van der Waals surface area contributed by atoms with Gasteiger partial charge in [-0.2, -0.15) is 0 Å². The quantitative estimate of drug-likeness (QED) is 0.892. The summed E-state index contributed by atoms with van der Waals surface area (Å²) in [5.41, 5.74) is 6.96. The summed E-state index contributed by atoms with van der Waals surface area (Å²) < 4.78 is 0. The molecule has 2 aromatic rings. The summed E-state index contributed by atoms with van der Waals surface area (Å²) in [7, 11) is 0. The Balaban J connectivity index is 2.52. The molecular formula is C12H13N2O2S-. The average Bonchev–Trinajstić information content (AvgIpc) is 2.55. The van der Waals surface area contributed by atoms with Gasteiger partial charge in [-0.1, -0.05) is 13.8 Å². The summed E-state index contributed by atoms with van der Waals surface area (Å²) in [6.07, 6.45) is 0.869. The molecule has 0 aromatic carbocycles. The molecule has 0 saturated heterocycles. The Morgan fingerprint density at radius 1 is 1.53 bits per heavy atom. The summed E-state index contributed by atoms with van der Waals surface area (Å²) in [5, 5.41) is 11.5. The molecule has 5 heteroatoms. The maximum atomic E-state index is 10.8. The van der Waals surface area contributed by atoms with Crippen molar-refractivity contribution >= 4 is 33.2 Å². The number of pyridine rings is 1. The van der Waals surface area contributed by atoms with E-state index in [0.29, 0.717) is 16.1 Å². The molecule has 0 atom stereocenters. The first kappa shape index (κ1) is 11.9. The highest BCUT2D eigenvalue weighted by Gasteiger charge is 2.12. The molecule has 2 heterocycles. The van der Waals surface area contributed by atoms with Crippen LogP contribution in [-0.2, 0) is 6.42 Å². The highest BCUT2D eigenvalue weighted by atomic mass is 32.1. The van der Waals surface area contributed by atoms with E-state index in [1.165, 1.54) is 0 Å². The molecule has 0 aliphatic carbocycles. The van der Waals surface area contributed by atoms with Gasteiger partial charge in [-0.15, -0.1) is 11.3 Å². The van der Waals surface area contributed by atoms with E-state index in [0.717, 1.165) is 23.5 Å². The Morgan fingerprint density at radius 3 is 2.82 bits per heavy atom. The SMILES string of the molecule is CC(C)Cc1ccc2c(N)c(C(=O)[O-])sc2n1. The van der Waals surface area contributed by atoms with Crippen LogP contribution in [0.1, 0.15) is 29.2 Å². The highest BCUT2D eigenvalue weighted by Crippen LogP contribution is 2.32. The minimum atomic E-state index is -1.24. The Kier molecular flexibility index (Phi) is 3.02. The average molecular weight is 249 g/mol. The molecule has 0 radical (unpaired) electrons. The van der Waals surface area contributed by atoms with Gasteiger partial charge >= 0.3 is 0 Å². The molecule has 0 saturated carbocycles. The third kappa shape index (κ3) is 2.24. The number of nitrogen functional groups attached to an aromatic ring is 1. The number of carbonyl (C=O) groups is 1. The number of carboxylic acids is 1. The number of nitrogens with zero attached hydrogens (tertiary/aromatic N) is 1. The van der Waals surface area contributed by atoms with Crippen LogP contribution in [0.5, 0.6) is 0 Å². The number of aromatic nitrogens is 1. The van der Waals surface area contributed by atoms with Gasteiger partial charge in [0.05, 0.1) is 16.5 Å². The summed E-state index contributed by atoms with van der Waals surface area (Å²) in [6, 6.07) is 3.72. The Labute approximate surface area is 103 Å². The predicted molar refractivity (Wildman–Crippen MR) is 66.9 cm³/mol. The molecule has 2 rings (SSSR count). The first-order valence-corrected chi connectivity index (χ1v) is 6.20. The van der Waals surface area contributed by atoms with E-state index in [1.807, 2.05) is 12.1 Å². The van der Waals surface area contributed by atoms with Gasteiger partial charge < -0.3 is 15.6 Å². The molecule has 2 N–H and O–H groups in total. The Hall–Kier alpha value is -1.62. The van der Waals surface area contributed by atoms with Crippen LogP contribution in [0.3, 0.4) is 0 Å². The molecule has 0 unspecified atom stereocenters. The van der Waals surface area contributed by atoms with Crippen LogP contribution in [0.25, 0.3) is 10.2 Å². The van der Waals surface area contributed by atoms with Crippen LogP contribution in [0.2, 0.25) is 0 Å². The zero-order valence-electron chi connectivity index (χ0n) is 9.69. The maximum Gasteiger partial charge on any atom is 0.126 e. The van der Waals surface area contributed by atoms with Crippen molar-refractivity contribution in [2.75, 3.05) is 5.73 Å². The van der Waals surface area contributed by atoms with Crippen molar-refractivity contribution in [3.63, 3.8) is 0 Å². The second-order valence-corrected chi connectivity index (χ2v) is 5.38. The van der Waals surface area contributed by atoms with Crippen molar-refractivity contribution < 1.29 is 9.90 Å². The maximum absolute atomic E-state index is 10.8. The van der Waals surface area contributed by atoms with E-state index in [2.05, 4.69) is 18.8 Å². The van der Waals surface area contributed by atoms with Crippen molar-refractivity contribution in [3.8, 4) is 0 Å². The first-order valence-electron chi connectivity index (χ1n) is 5.38. The second kappa shape index (κ2) is 4.33. The number of carboxylic acid groups (broad SMARTS) is 1. The summed E-state index contributed by atoms with van der Waals surface area (Å²) >= 11 is 1.08. The number of carbonyl (C=O) groups excluding carboxylic acids is 1. The van der Waals surface area contributed by atoms with Gasteiger partial charge in [0.1, 0.15) is 4.83 Å². The lowest BCUT2D eigenvalue weighted by Gasteiger charge is -2.03. The molecule has 0 fully saturated rings. The number of anilines is 1. The zero-order valence-corrected chi connectivity index (χ0v) is 10.5. The third-order valence-electron chi connectivity index (χ3n) is 2.45. The van der Waals surface area contributed by atoms with Gasteiger partial charge in [0, 0.05) is 11.1 Å². The lowest BCUT2D eigenvalue weighted by atomic mass is 10.1. The minimum absolute atomic E-state index is 0.0641. The fourth-order valence-electron chi connectivity index (χ4n) is 1.72. The molecule has 17 heavy (non-hydrogen) atoms. The monoisotopic (exact) mass is 249 g/mol. The van der Waals surface area contributed by atoms with Crippen molar-refractivity contribution in [3.05, 3.63) is 22.7 Å². The van der Waals surface area contributed by atoms with E-state index < -0.39 is 5.97 Å². The third-order valence-corrected chi connectivity index (χ3v) is 3.55. The molecular weight excluding hydrogens is 236 g/mol. The van der Waals surface area contributed by atoms with Gasteiger partial charge in [0.2, 0.25) is 0 Å². The van der Waals surface area contributed by atoms with Crippen molar-refractivity contribution in [2.24, 2.45) is 5.92 Å². The molecule has 0 amide bonds. The standard InChI is InChI=1S/C12H14N2O2S/c1-6(2)5-7-3-4-8-9(13)10(12(15)16)17-11(8)14-7/h3-4,6H,5,13H2,1-2H3,(H,15,16)/p-1. The topological polar surface area (TPSA) is 79.0 Å². The number of aromatic carboxylic acids is 1. The molecule has 90 valence electrons. The van der Waals surface area contributed by atoms with E-state index in [4.69, 9.17) is 5.73 Å². The lowest BCUT2D eigenvalue weighted by molar-refractivity contribution is -0.254. The van der Waals surface area contributed by atoms with Gasteiger partial charge in [0.25, 0.3) is 0 Å². The zero-order chi connectivity index (χ0) is 12.6. The summed E-state index contributed by atoms with van der Waals surface area (Å²) in [6.45, 7) is 4.22. The molecule has 2 aromatic heterocycles. The molecule has 0 spiro atoms. The summed E-state index contributed by atoms with van der Waals surface area (Å²) in [4.78, 5) is 16.0. The van der Waals surface area contributed by atoms with E-state index >= 15 is 0 Å². The fourth-order valence-corrected chi connectivity index (χ4v) is 2.67. The molecule has 0 bridgehead atoms. The molecule has 0 aliphatic heterocycles. The van der Waals surface area contributed by atoms with Crippen LogP contribution >= 0.6 is 11.3 Å². The van der Waals surface area contributed by atoms with Crippen LogP contribution in [0.15, 0.2) is 12.1 Å². The Morgan fingerprint density at radius 2 is 2.24 bits per heavy atom.